The Labute approximate surface area is 127 Å². The summed E-state index contributed by atoms with van der Waals surface area (Å²) in [5, 5.41) is 3.43. The SMILES string of the molecule is CCNC(CN(CC)c1ccccc1)(C(=O)OC)C1CC1. The van der Waals surface area contributed by atoms with E-state index >= 15 is 0 Å². The molecule has 0 heterocycles. The van der Waals surface area contributed by atoms with E-state index < -0.39 is 5.54 Å². The molecular formula is C17H26N2O2. The highest BCUT2D eigenvalue weighted by molar-refractivity contribution is 5.83. The van der Waals surface area contributed by atoms with E-state index in [4.69, 9.17) is 4.74 Å². The van der Waals surface area contributed by atoms with Gasteiger partial charge in [-0.15, -0.1) is 0 Å². The molecular weight excluding hydrogens is 264 g/mol. The van der Waals surface area contributed by atoms with Gasteiger partial charge in [-0.3, -0.25) is 0 Å². The lowest BCUT2D eigenvalue weighted by Crippen LogP contribution is -2.61. The summed E-state index contributed by atoms with van der Waals surface area (Å²) in [6.07, 6.45) is 2.18. The Kier molecular flexibility index (Phi) is 5.23. The monoisotopic (exact) mass is 290 g/mol. The van der Waals surface area contributed by atoms with Gasteiger partial charge < -0.3 is 15.0 Å². The molecule has 116 valence electrons. The summed E-state index contributed by atoms with van der Waals surface area (Å²) in [4.78, 5) is 14.7. The van der Waals surface area contributed by atoms with Crippen LogP contribution in [0.3, 0.4) is 0 Å². The minimum atomic E-state index is -0.588. The highest BCUT2D eigenvalue weighted by atomic mass is 16.5. The Bertz CT molecular complexity index is 459. The molecule has 1 N–H and O–H groups in total. The maximum Gasteiger partial charge on any atom is 0.328 e. The lowest BCUT2D eigenvalue weighted by molar-refractivity contribution is -0.149. The number of likely N-dealkylation sites (N-methyl/N-ethyl adjacent to an activating group) is 2. The number of nitrogens with zero attached hydrogens (tertiary/aromatic N) is 1. The van der Waals surface area contributed by atoms with E-state index in [-0.39, 0.29) is 5.97 Å². The van der Waals surface area contributed by atoms with Crippen molar-refractivity contribution in [1.29, 1.82) is 0 Å². The van der Waals surface area contributed by atoms with Crippen molar-refractivity contribution in [3.8, 4) is 0 Å². The first kappa shape index (κ1) is 15.8. The number of hydrogen-bond acceptors (Lipinski definition) is 4. The summed E-state index contributed by atoms with van der Waals surface area (Å²) in [7, 11) is 1.48. The van der Waals surface area contributed by atoms with E-state index in [1.54, 1.807) is 0 Å². The first-order valence-corrected chi connectivity index (χ1v) is 7.81. The topological polar surface area (TPSA) is 41.6 Å². The van der Waals surface area contributed by atoms with E-state index in [1.807, 2.05) is 25.1 Å². The minimum Gasteiger partial charge on any atom is -0.468 e. The van der Waals surface area contributed by atoms with Crippen LogP contribution < -0.4 is 10.2 Å². The zero-order valence-corrected chi connectivity index (χ0v) is 13.3. The first-order valence-electron chi connectivity index (χ1n) is 7.81. The molecule has 1 unspecified atom stereocenters. The van der Waals surface area contributed by atoms with Gasteiger partial charge in [0.1, 0.15) is 5.54 Å². The largest absolute Gasteiger partial charge is 0.468 e. The van der Waals surface area contributed by atoms with Crippen LogP contribution in [0.5, 0.6) is 0 Å². The summed E-state index contributed by atoms with van der Waals surface area (Å²) >= 11 is 0. The van der Waals surface area contributed by atoms with Crippen LogP contribution in [0.1, 0.15) is 26.7 Å². The molecule has 1 atom stereocenters. The van der Waals surface area contributed by atoms with Crippen LogP contribution in [0.25, 0.3) is 0 Å². The molecule has 2 rings (SSSR count). The number of carbonyl (C=O) groups is 1. The number of benzene rings is 1. The second kappa shape index (κ2) is 6.94. The summed E-state index contributed by atoms with van der Waals surface area (Å²) in [5.41, 5.74) is 0.557. The predicted molar refractivity (Wildman–Crippen MR) is 85.5 cm³/mol. The van der Waals surface area contributed by atoms with E-state index in [9.17, 15) is 4.79 Å². The van der Waals surface area contributed by atoms with Gasteiger partial charge in [-0.25, -0.2) is 4.79 Å². The van der Waals surface area contributed by atoms with Gasteiger partial charge >= 0.3 is 5.97 Å². The number of anilines is 1. The Morgan fingerprint density at radius 2 is 2.00 bits per heavy atom. The third-order valence-electron chi connectivity index (χ3n) is 4.26. The van der Waals surface area contributed by atoms with Crippen molar-refractivity contribution in [3.05, 3.63) is 30.3 Å². The Balaban J connectivity index is 2.26. The molecule has 1 aliphatic rings. The lowest BCUT2D eigenvalue weighted by atomic mass is 9.91. The fraction of sp³-hybridized carbons (Fsp3) is 0.588. The van der Waals surface area contributed by atoms with Crippen LogP contribution in [-0.2, 0) is 9.53 Å². The molecule has 0 saturated heterocycles. The van der Waals surface area contributed by atoms with Crippen molar-refractivity contribution in [2.75, 3.05) is 31.6 Å². The van der Waals surface area contributed by atoms with Gasteiger partial charge in [0.05, 0.1) is 7.11 Å². The van der Waals surface area contributed by atoms with Crippen LogP contribution in [0.4, 0.5) is 5.69 Å². The Morgan fingerprint density at radius 1 is 1.33 bits per heavy atom. The molecule has 1 fully saturated rings. The fourth-order valence-electron chi connectivity index (χ4n) is 3.03. The molecule has 1 aromatic carbocycles. The first-order chi connectivity index (χ1) is 10.2. The van der Waals surface area contributed by atoms with Gasteiger partial charge in [-0.1, -0.05) is 25.1 Å². The standard InChI is InChI=1S/C17H26N2O2/c1-4-18-17(14-11-12-14,16(20)21-3)13-19(5-2)15-9-7-6-8-10-15/h6-10,14,18H,4-5,11-13H2,1-3H3. The normalized spacial score (nSPS) is 17.1. The second-order valence-electron chi connectivity index (χ2n) is 5.62. The number of rotatable bonds is 8. The molecule has 21 heavy (non-hydrogen) atoms. The number of hydrogen-bond donors (Lipinski definition) is 1. The summed E-state index contributed by atoms with van der Waals surface area (Å²) in [6.45, 7) is 6.43. The fourth-order valence-corrected chi connectivity index (χ4v) is 3.03. The quantitative estimate of drug-likeness (QED) is 0.747. The molecule has 1 aliphatic carbocycles. The van der Waals surface area contributed by atoms with Crippen LogP contribution in [-0.4, -0.2) is 38.3 Å². The van der Waals surface area contributed by atoms with Gasteiger partial charge in [-0.2, -0.15) is 0 Å². The van der Waals surface area contributed by atoms with Crippen molar-refractivity contribution in [3.63, 3.8) is 0 Å². The molecule has 1 saturated carbocycles. The number of para-hydroxylation sites is 1. The van der Waals surface area contributed by atoms with Crippen LogP contribution in [0, 0.1) is 5.92 Å². The van der Waals surface area contributed by atoms with E-state index in [1.165, 1.54) is 7.11 Å². The Hall–Kier alpha value is -1.55. The smallest absolute Gasteiger partial charge is 0.328 e. The van der Waals surface area contributed by atoms with Gasteiger partial charge in [-0.05, 0) is 44.4 Å². The number of methoxy groups -OCH3 is 1. The number of esters is 1. The van der Waals surface area contributed by atoms with Gasteiger partial charge in [0.2, 0.25) is 0 Å². The number of nitrogens with one attached hydrogen (secondary N) is 1. The van der Waals surface area contributed by atoms with E-state index in [2.05, 4.69) is 29.3 Å². The number of carbonyl (C=O) groups excluding carboxylic acids is 1. The van der Waals surface area contributed by atoms with Crippen LogP contribution in [0.2, 0.25) is 0 Å². The molecule has 0 bridgehead atoms. The van der Waals surface area contributed by atoms with Crippen molar-refractivity contribution < 1.29 is 9.53 Å². The third-order valence-corrected chi connectivity index (χ3v) is 4.26. The van der Waals surface area contributed by atoms with E-state index in [0.29, 0.717) is 12.5 Å². The van der Waals surface area contributed by atoms with Gasteiger partial charge in [0, 0.05) is 18.8 Å². The average molecular weight is 290 g/mol. The molecule has 0 radical (unpaired) electrons. The van der Waals surface area contributed by atoms with Crippen LogP contribution >= 0.6 is 0 Å². The van der Waals surface area contributed by atoms with Crippen molar-refractivity contribution in [2.45, 2.75) is 32.2 Å². The highest BCUT2D eigenvalue weighted by Crippen LogP contribution is 2.41. The lowest BCUT2D eigenvalue weighted by Gasteiger charge is -2.37. The highest BCUT2D eigenvalue weighted by Gasteiger charge is 2.52. The molecule has 0 spiro atoms. The van der Waals surface area contributed by atoms with E-state index in [0.717, 1.165) is 31.6 Å². The average Bonchev–Trinajstić information content (AvgIpc) is 3.36. The second-order valence-corrected chi connectivity index (χ2v) is 5.62. The molecule has 0 aliphatic heterocycles. The molecule has 4 heteroatoms. The maximum atomic E-state index is 12.5. The van der Waals surface area contributed by atoms with Crippen molar-refractivity contribution in [1.82, 2.24) is 5.32 Å². The van der Waals surface area contributed by atoms with Crippen molar-refractivity contribution >= 4 is 11.7 Å². The summed E-state index contributed by atoms with van der Waals surface area (Å²) < 4.78 is 5.12. The minimum absolute atomic E-state index is 0.138. The van der Waals surface area contributed by atoms with Crippen LogP contribution in [0.15, 0.2) is 30.3 Å². The van der Waals surface area contributed by atoms with Gasteiger partial charge in [0.25, 0.3) is 0 Å². The summed E-state index contributed by atoms with van der Waals surface area (Å²) in [5.74, 6) is 0.240. The summed E-state index contributed by atoms with van der Waals surface area (Å²) in [6, 6.07) is 10.2. The zero-order chi connectivity index (χ0) is 15.3. The predicted octanol–water partition coefficient (Wildman–Crippen LogP) is 2.44. The molecule has 0 aromatic heterocycles. The zero-order valence-electron chi connectivity index (χ0n) is 13.3. The van der Waals surface area contributed by atoms with Crippen molar-refractivity contribution in [2.24, 2.45) is 5.92 Å². The maximum absolute atomic E-state index is 12.5. The third kappa shape index (κ3) is 3.38. The molecule has 4 nitrogen and oxygen atoms in total. The number of ether oxygens (including phenoxy) is 1. The molecule has 0 amide bonds. The molecule has 1 aromatic rings. The van der Waals surface area contributed by atoms with Gasteiger partial charge in [0.15, 0.2) is 0 Å². The Morgan fingerprint density at radius 3 is 2.48 bits per heavy atom.